The first-order valence-corrected chi connectivity index (χ1v) is 5.45. The van der Waals surface area contributed by atoms with Gasteiger partial charge in [-0.15, -0.1) is 0 Å². The Kier molecular flexibility index (Phi) is 5.70. The van der Waals surface area contributed by atoms with Gasteiger partial charge in [-0.2, -0.15) is 0 Å². The molecule has 4 heteroatoms. The van der Waals surface area contributed by atoms with E-state index in [1.165, 1.54) is 12.8 Å². The molecule has 0 saturated carbocycles. The summed E-state index contributed by atoms with van der Waals surface area (Å²) in [7, 11) is 1.89. The van der Waals surface area contributed by atoms with Crippen LogP contribution in [0, 0.1) is 0 Å². The van der Waals surface area contributed by atoms with Gasteiger partial charge in [-0.3, -0.25) is 4.98 Å². The van der Waals surface area contributed by atoms with E-state index in [2.05, 4.69) is 22.2 Å². The molecule has 1 rings (SSSR count). The van der Waals surface area contributed by atoms with Crippen molar-refractivity contribution in [2.75, 3.05) is 13.7 Å². The molecular formula is C11H19N3O. The summed E-state index contributed by atoms with van der Waals surface area (Å²) in [5.74, 6) is 0.624. The first kappa shape index (κ1) is 11.9. The number of ether oxygens (including phenoxy) is 1. The minimum Gasteiger partial charge on any atom is -0.477 e. The maximum absolute atomic E-state index is 5.49. The van der Waals surface area contributed by atoms with Gasteiger partial charge in [0.05, 0.1) is 18.5 Å². The van der Waals surface area contributed by atoms with E-state index in [9.17, 15) is 0 Å². The number of nitrogens with zero attached hydrogens (tertiary/aromatic N) is 2. The number of unbranched alkanes of at least 4 members (excludes halogenated alkanes) is 2. The van der Waals surface area contributed by atoms with Crippen molar-refractivity contribution < 1.29 is 4.74 Å². The third-order valence-corrected chi connectivity index (χ3v) is 2.02. The number of hydrogen-bond donors (Lipinski definition) is 1. The van der Waals surface area contributed by atoms with Gasteiger partial charge in [0.1, 0.15) is 0 Å². The minimum atomic E-state index is 0.624. The normalized spacial score (nSPS) is 10.3. The Hall–Kier alpha value is -1.16. The Morgan fingerprint density at radius 1 is 1.33 bits per heavy atom. The van der Waals surface area contributed by atoms with Gasteiger partial charge < -0.3 is 10.1 Å². The van der Waals surface area contributed by atoms with Gasteiger partial charge in [0.15, 0.2) is 0 Å². The van der Waals surface area contributed by atoms with Gasteiger partial charge in [-0.25, -0.2) is 4.98 Å². The summed E-state index contributed by atoms with van der Waals surface area (Å²) in [5.41, 5.74) is 0.908. The predicted octanol–water partition coefficient (Wildman–Crippen LogP) is 1.76. The first-order chi connectivity index (χ1) is 7.36. The van der Waals surface area contributed by atoms with Crippen LogP contribution in [0.1, 0.15) is 31.9 Å². The standard InChI is InChI=1S/C11H19N3O/c1-3-4-5-6-15-11-9-13-8-10(14-11)7-12-2/h8-9,12H,3-7H2,1-2H3. The second kappa shape index (κ2) is 7.17. The molecule has 84 valence electrons. The number of aromatic nitrogens is 2. The summed E-state index contributed by atoms with van der Waals surface area (Å²) in [4.78, 5) is 8.39. The highest BCUT2D eigenvalue weighted by Gasteiger charge is 1.98. The van der Waals surface area contributed by atoms with Gasteiger partial charge in [0.25, 0.3) is 0 Å². The first-order valence-electron chi connectivity index (χ1n) is 5.45. The van der Waals surface area contributed by atoms with Crippen LogP contribution in [-0.2, 0) is 6.54 Å². The van der Waals surface area contributed by atoms with Gasteiger partial charge >= 0.3 is 0 Å². The van der Waals surface area contributed by atoms with E-state index in [1.54, 1.807) is 12.4 Å². The summed E-state index contributed by atoms with van der Waals surface area (Å²) in [6.45, 7) is 3.62. The maximum Gasteiger partial charge on any atom is 0.232 e. The highest BCUT2D eigenvalue weighted by atomic mass is 16.5. The van der Waals surface area contributed by atoms with Crippen molar-refractivity contribution in [2.24, 2.45) is 0 Å². The van der Waals surface area contributed by atoms with Gasteiger partial charge in [0, 0.05) is 12.7 Å². The van der Waals surface area contributed by atoms with Crippen molar-refractivity contribution in [3.8, 4) is 5.88 Å². The summed E-state index contributed by atoms with van der Waals surface area (Å²) in [5, 5.41) is 3.03. The molecule has 0 aliphatic rings. The summed E-state index contributed by atoms with van der Waals surface area (Å²) >= 11 is 0. The molecule has 0 aliphatic carbocycles. The van der Waals surface area contributed by atoms with Crippen LogP contribution in [0.25, 0.3) is 0 Å². The highest BCUT2D eigenvalue weighted by Crippen LogP contribution is 2.06. The second-order valence-corrected chi connectivity index (χ2v) is 3.43. The van der Waals surface area contributed by atoms with Crippen LogP contribution >= 0.6 is 0 Å². The van der Waals surface area contributed by atoms with E-state index >= 15 is 0 Å². The lowest BCUT2D eigenvalue weighted by atomic mass is 10.3. The van der Waals surface area contributed by atoms with Crippen LogP contribution in [0.5, 0.6) is 5.88 Å². The maximum atomic E-state index is 5.49. The molecular weight excluding hydrogens is 190 g/mol. The second-order valence-electron chi connectivity index (χ2n) is 3.43. The van der Waals surface area contributed by atoms with Crippen molar-refractivity contribution >= 4 is 0 Å². The lowest BCUT2D eigenvalue weighted by Gasteiger charge is -2.05. The zero-order chi connectivity index (χ0) is 10.9. The Morgan fingerprint density at radius 3 is 2.93 bits per heavy atom. The quantitative estimate of drug-likeness (QED) is 0.695. The fourth-order valence-electron chi connectivity index (χ4n) is 1.25. The van der Waals surface area contributed by atoms with Gasteiger partial charge in [0.2, 0.25) is 5.88 Å². The molecule has 1 aromatic rings. The molecule has 0 amide bonds. The molecule has 4 nitrogen and oxygen atoms in total. The molecule has 1 aromatic heterocycles. The van der Waals surface area contributed by atoms with Crippen LogP contribution < -0.4 is 10.1 Å². The van der Waals surface area contributed by atoms with Crippen LogP contribution in [0.2, 0.25) is 0 Å². The molecule has 0 radical (unpaired) electrons. The smallest absolute Gasteiger partial charge is 0.232 e. The van der Waals surface area contributed by atoms with Crippen LogP contribution in [-0.4, -0.2) is 23.6 Å². The lowest BCUT2D eigenvalue weighted by Crippen LogP contribution is -2.08. The Balaban J connectivity index is 2.36. The van der Waals surface area contributed by atoms with E-state index in [0.717, 1.165) is 25.3 Å². The zero-order valence-electron chi connectivity index (χ0n) is 9.49. The average molecular weight is 209 g/mol. The SMILES string of the molecule is CCCCCOc1cncc(CNC)n1. The van der Waals surface area contributed by atoms with Gasteiger partial charge in [-0.05, 0) is 13.5 Å². The van der Waals surface area contributed by atoms with Crippen molar-refractivity contribution in [2.45, 2.75) is 32.7 Å². The average Bonchev–Trinajstić information content (AvgIpc) is 2.26. The number of nitrogens with one attached hydrogen (secondary N) is 1. The Bertz CT molecular complexity index is 278. The minimum absolute atomic E-state index is 0.624. The van der Waals surface area contributed by atoms with E-state index in [0.29, 0.717) is 5.88 Å². The van der Waals surface area contributed by atoms with Crippen molar-refractivity contribution in [3.63, 3.8) is 0 Å². The van der Waals surface area contributed by atoms with Crippen molar-refractivity contribution in [1.29, 1.82) is 0 Å². The van der Waals surface area contributed by atoms with E-state index in [4.69, 9.17) is 4.74 Å². The van der Waals surface area contributed by atoms with Gasteiger partial charge in [-0.1, -0.05) is 19.8 Å². The van der Waals surface area contributed by atoms with Crippen molar-refractivity contribution in [1.82, 2.24) is 15.3 Å². The molecule has 15 heavy (non-hydrogen) atoms. The largest absolute Gasteiger partial charge is 0.477 e. The summed E-state index contributed by atoms with van der Waals surface area (Å²) < 4.78 is 5.49. The molecule has 0 aromatic carbocycles. The molecule has 0 spiro atoms. The molecule has 0 saturated heterocycles. The van der Waals surface area contributed by atoms with Crippen LogP contribution in [0.3, 0.4) is 0 Å². The lowest BCUT2D eigenvalue weighted by molar-refractivity contribution is 0.292. The third kappa shape index (κ3) is 4.74. The highest BCUT2D eigenvalue weighted by molar-refractivity contribution is 5.08. The predicted molar refractivity (Wildman–Crippen MR) is 59.8 cm³/mol. The molecule has 0 atom stereocenters. The molecule has 1 heterocycles. The van der Waals surface area contributed by atoms with Crippen molar-refractivity contribution in [3.05, 3.63) is 18.1 Å². The van der Waals surface area contributed by atoms with E-state index in [1.807, 2.05) is 7.05 Å². The molecule has 0 aliphatic heterocycles. The van der Waals surface area contributed by atoms with Crippen LogP contribution in [0.4, 0.5) is 0 Å². The third-order valence-electron chi connectivity index (χ3n) is 2.02. The Labute approximate surface area is 91.1 Å². The molecule has 0 bridgehead atoms. The van der Waals surface area contributed by atoms with Crippen LogP contribution in [0.15, 0.2) is 12.4 Å². The van der Waals surface area contributed by atoms with E-state index < -0.39 is 0 Å². The Morgan fingerprint density at radius 2 is 2.20 bits per heavy atom. The zero-order valence-corrected chi connectivity index (χ0v) is 9.49. The fourth-order valence-corrected chi connectivity index (χ4v) is 1.25. The molecule has 0 unspecified atom stereocenters. The molecule has 0 fully saturated rings. The van der Waals surface area contributed by atoms with E-state index in [-0.39, 0.29) is 0 Å². The molecule has 1 N–H and O–H groups in total. The fraction of sp³-hybridized carbons (Fsp3) is 0.636. The summed E-state index contributed by atoms with van der Waals surface area (Å²) in [6, 6.07) is 0. The summed E-state index contributed by atoms with van der Waals surface area (Å²) in [6.07, 6.45) is 6.88. The topological polar surface area (TPSA) is 47.0 Å². The number of hydrogen-bond acceptors (Lipinski definition) is 4. The monoisotopic (exact) mass is 209 g/mol. The number of rotatable bonds is 7.